The summed E-state index contributed by atoms with van der Waals surface area (Å²) in [4.78, 5) is 0. The number of rotatable bonds is 1. The summed E-state index contributed by atoms with van der Waals surface area (Å²) in [5.41, 5.74) is 0. The fraction of sp³-hybridized carbons (Fsp3) is 0.200. The van der Waals surface area contributed by atoms with Crippen molar-refractivity contribution in [1.29, 1.82) is 0 Å². The minimum absolute atomic E-state index is 0.282. The fourth-order valence-corrected chi connectivity index (χ4v) is 0.365. The molecule has 0 saturated carbocycles. The second-order valence-electron chi connectivity index (χ2n) is 1.14. The molecule has 0 radical (unpaired) electrons. The van der Waals surface area contributed by atoms with Crippen LogP contribution in [0.2, 0.25) is 0 Å². The van der Waals surface area contributed by atoms with Crippen molar-refractivity contribution in [1.82, 2.24) is 0 Å². The molecule has 1 rings (SSSR count). The van der Waals surface area contributed by atoms with Crippen LogP contribution in [0.15, 0.2) is 22.8 Å². The maximum atomic E-state index is 8.49. The maximum Gasteiger partial charge on any atom is 0.129 e. The smallest absolute Gasteiger partial charge is 0.129 e. The Hall–Kier alpha value is -0.760. The first-order chi connectivity index (χ1) is 3.80. The van der Waals surface area contributed by atoms with E-state index in [-0.39, 0.29) is 5.76 Å². The molecule has 0 spiro atoms. The predicted molar refractivity (Wildman–Crippen MR) is 24.6 cm³/mol. The molecule has 1 N–H and O–H groups in total. The van der Waals surface area contributed by atoms with Gasteiger partial charge in [-0.25, -0.2) is 0 Å². The number of furan rings is 1. The molecule has 2 nitrogen and oxygen atoms in total. The van der Waals surface area contributed by atoms with Gasteiger partial charge in [0.2, 0.25) is 0 Å². The zero-order chi connectivity index (χ0) is 5.98. The van der Waals surface area contributed by atoms with Crippen LogP contribution in [0.1, 0.15) is 7.13 Å². The van der Waals surface area contributed by atoms with E-state index in [9.17, 15) is 0 Å². The molecular weight excluding hydrogens is 92.1 g/mol. The average Bonchev–Trinajstić information content (AvgIpc) is 2.12. The highest BCUT2D eigenvalue weighted by Crippen LogP contribution is 1.96. The minimum atomic E-state index is -1.23. The van der Waals surface area contributed by atoms with Crippen molar-refractivity contribution >= 4 is 0 Å². The number of hydrogen-bond acceptors (Lipinski definition) is 2. The maximum absolute atomic E-state index is 8.49. The Labute approximate surface area is 42.8 Å². The summed E-state index contributed by atoms with van der Waals surface area (Å²) in [7, 11) is 0. The van der Waals surface area contributed by atoms with E-state index in [2.05, 4.69) is 4.42 Å². The topological polar surface area (TPSA) is 33.4 Å². The summed E-state index contributed by atoms with van der Waals surface area (Å²) in [6, 6.07) is 3.19. The Bertz CT molecular complexity index is 145. The van der Waals surface area contributed by atoms with Crippen molar-refractivity contribution < 1.29 is 10.9 Å². The number of aliphatic hydroxyl groups is 1. The van der Waals surface area contributed by atoms with Gasteiger partial charge in [0, 0.05) is 0 Å². The van der Waals surface area contributed by atoms with Crippen LogP contribution in [0.25, 0.3) is 0 Å². The molecule has 2 heteroatoms. The summed E-state index contributed by atoms with van der Waals surface area (Å²) in [5.74, 6) is 0.282. The Morgan fingerprint density at radius 3 is 3.14 bits per heavy atom. The van der Waals surface area contributed by atoms with Gasteiger partial charge < -0.3 is 9.52 Å². The SMILES string of the molecule is [2H]C(O)c1ccco1. The van der Waals surface area contributed by atoms with Crippen LogP contribution in [0.3, 0.4) is 0 Å². The molecule has 0 bridgehead atoms. The van der Waals surface area contributed by atoms with Crippen LogP contribution in [-0.2, 0) is 6.58 Å². The molecule has 0 aromatic carbocycles. The Balaban J connectivity index is 2.77. The third kappa shape index (κ3) is 0.810. The van der Waals surface area contributed by atoms with E-state index < -0.39 is 6.58 Å². The summed E-state index contributed by atoms with van der Waals surface area (Å²) < 4.78 is 11.4. The van der Waals surface area contributed by atoms with E-state index in [4.69, 9.17) is 6.48 Å². The molecular formula is C5H6O2. The van der Waals surface area contributed by atoms with Crippen LogP contribution in [0.4, 0.5) is 0 Å². The molecule has 0 aliphatic carbocycles. The van der Waals surface area contributed by atoms with Crippen molar-refractivity contribution in [3.8, 4) is 0 Å². The van der Waals surface area contributed by atoms with Gasteiger partial charge in [-0.2, -0.15) is 0 Å². The van der Waals surface area contributed by atoms with E-state index in [1.54, 1.807) is 12.1 Å². The molecule has 0 aliphatic rings. The van der Waals surface area contributed by atoms with Crippen molar-refractivity contribution in [2.75, 3.05) is 0 Å². The molecule has 1 aromatic rings. The zero-order valence-corrected chi connectivity index (χ0v) is 3.66. The summed E-state index contributed by atoms with van der Waals surface area (Å²) in [6.07, 6.45) is 1.42. The van der Waals surface area contributed by atoms with Gasteiger partial charge in [-0.15, -0.1) is 0 Å². The van der Waals surface area contributed by atoms with Gasteiger partial charge in [0.1, 0.15) is 12.3 Å². The molecule has 1 aromatic heterocycles. The number of aliphatic hydroxyl groups excluding tert-OH is 1. The molecule has 1 atom stereocenters. The quantitative estimate of drug-likeness (QED) is 0.564. The van der Waals surface area contributed by atoms with Crippen LogP contribution < -0.4 is 0 Å². The second-order valence-corrected chi connectivity index (χ2v) is 1.14. The van der Waals surface area contributed by atoms with Gasteiger partial charge >= 0.3 is 0 Å². The van der Waals surface area contributed by atoms with Crippen molar-refractivity contribution in [3.05, 3.63) is 24.2 Å². The lowest BCUT2D eigenvalue weighted by atomic mass is 10.5. The van der Waals surface area contributed by atoms with Crippen LogP contribution in [-0.4, -0.2) is 5.11 Å². The molecule has 0 amide bonds. The van der Waals surface area contributed by atoms with E-state index in [0.29, 0.717) is 0 Å². The highest BCUT2D eigenvalue weighted by molar-refractivity contribution is 4.95. The number of hydrogen-bond donors (Lipinski definition) is 1. The molecule has 0 saturated heterocycles. The van der Waals surface area contributed by atoms with Gasteiger partial charge in [0.15, 0.2) is 0 Å². The van der Waals surface area contributed by atoms with Crippen LogP contribution in [0.5, 0.6) is 0 Å². The molecule has 0 aliphatic heterocycles. The van der Waals surface area contributed by atoms with Crippen LogP contribution in [0, 0.1) is 0 Å². The monoisotopic (exact) mass is 99.0 g/mol. The third-order valence-corrected chi connectivity index (χ3v) is 0.670. The lowest BCUT2D eigenvalue weighted by Gasteiger charge is -1.79. The van der Waals surface area contributed by atoms with E-state index in [0.717, 1.165) is 0 Å². The standard InChI is InChI=1S/C5H6O2/c6-4-5-2-1-3-7-5/h1-3,6H,4H2/i4D. The second kappa shape index (κ2) is 1.80. The van der Waals surface area contributed by atoms with Gasteiger partial charge in [0.05, 0.1) is 7.63 Å². The minimum Gasteiger partial charge on any atom is -0.467 e. The highest BCUT2D eigenvalue weighted by Gasteiger charge is 1.85. The Kier molecular flexibility index (Phi) is 0.839. The van der Waals surface area contributed by atoms with E-state index >= 15 is 0 Å². The lowest BCUT2D eigenvalue weighted by molar-refractivity contribution is 0.247. The lowest BCUT2D eigenvalue weighted by Crippen LogP contribution is -1.72. The summed E-state index contributed by atoms with van der Waals surface area (Å²) in [5, 5.41) is 8.49. The Morgan fingerprint density at radius 2 is 2.86 bits per heavy atom. The van der Waals surface area contributed by atoms with Gasteiger partial charge in [0.25, 0.3) is 0 Å². The molecule has 38 valence electrons. The van der Waals surface area contributed by atoms with E-state index in [1.165, 1.54) is 6.26 Å². The molecule has 7 heavy (non-hydrogen) atoms. The normalized spacial score (nSPS) is 15.9. The fourth-order valence-electron chi connectivity index (χ4n) is 0.365. The largest absolute Gasteiger partial charge is 0.467 e. The van der Waals surface area contributed by atoms with Crippen molar-refractivity contribution in [3.63, 3.8) is 0 Å². The van der Waals surface area contributed by atoms with Crippen molar-refractivity contribution in [2.45, 2.75) is 6.58 Å². The first-order valence-electron chi connectivity index (χ1n) is 2.52. The van der Waals surface area contributed by atoms with Crippen molar-refractivity contribution in [2.24, 2.45) is 0 Å². The summed E-state index contributed by atoms with van der Waals surface area (Å²) >= 11 is 0. The molecule has 0 fully saturated rings. The highest BCUT2D eigenvalue weighted by atomic mass is 16.4. The van der Waals surface area contributed by atoms with Gasteiger partial charge in [-0.1, -0.05) is 0 Å². The zero-order valence-electron chi connectivity index (χ0n) is 4.66. The molecule has 1 unspecified atom stereocenters. The van der Waals surface area contributed by atoms with Gasteiger partial charge in [-0.05, 0) is 12.1 Å². The van der Waals surface area contributed by atoms with Gasteiger partial charge in [-0.3, -0.25) is 0 Å². The molecule has 1 heterocycles. The third-order valence-electron chi connectivity index (χ3n) is 0.670. The Morgan fingerprint density at radius 1 is 2.00 bits per heavy atom. The first-order valence-corrected chi connectivity index (χ1v) is 1.94. The first kappa shape index (κ1) is 3.27. The average molecular weight is 99.1 g/mol. The van der Waals surface area contributed by atoms with E-state index in [1.807, 2.05) is 0 Å². The predicted octanol–water partition coefficient (Wildman–Crippen LogP) is 0.772. The summed E-state index contributed by atoms with van der Waals surface area (Å²) in [6.45, 7) is -1.23. The van der Waals surface area contributed by atoms with Crippen LogP contribution >= 0.6 is 0 Å².